The number of hydrogen-bond donors (Lipinski definition) is 1. The lowest BCUT2D eigenvalue weighted by atomic mass is 10.2. The minimum absolute atomic E-state index is 0.0876. The number of carboxylic acids is 1. The lowest BCUT2D eigenvalue weighted by molar-refractivity contribution is 0.0691. The smallest absolute Gasteiger partial charge is 0.357 e. The van der Waals surface area contributed by atoms with Crippen LogP contribution in [-0.2, 0) is 6.54 Å². The molecule has 3 aromatic rings. The first-order chi connectivity index (χ1) is 9.25. The second-order valence-electron chi connectivity index (χ2n) is 4.18. The van der Waals surface area contributed by atoms with Gasteiger partial charge in [-0.25, -0.2) is 4.79 Å². The Morgan fingerprint density at radius 1 is 1.16 bits per heavy atom. The predicted molar refractivity (Wildman–Crippen MR) is 70.0 cm³/mol. The number of para-hydroxylation sites is 1. The lowest BCUT2D eigenvalue weighted by Crippen LogP contribution is -2.04. The van der Waals surface area contributed by atoms with Crippen LogP contribution >= 0.6 is 0 Å². The molecule has 0 saturated carbocycles. The molecule has 2 aromatic heterocycles. The number of rotatable bonds is 3. The van der Waals surface area contributed by atoms with E-state index in [1.807, 2.05) is 30.3 Å². The third-order valence-corrected chi connectivity index (χ3v) is 2.94. The van der Waals surface area contributed by atoms with E-state index in [9.17, 15) is 9.90 Å². The maximum absolute atomic E-state index is 11.2. The number of nitrogens with zero attached hydrogens (tertiary/aromatic N) is 3. The molecule has 0 aliphatic carbocycles. The van der Waals surface area contributed by atoms with E-state index in [1.165, 1.54) is 0 Å². The van der Waals surface area contributed by atoms with Gasteiger partial charge in [0, 0.05) is 17.8 Å². The van der Waals surface area contributed by atoms with Gasteiger partial charge in [0.1, 0.15) is 0 Å². The summed E-state index contributed by atoms with van der Waals surface area (Å²) in [5, 5.41) is 14.0. The largest absolute Gasteiger partial charge is 0.476 e. The highest BCUT2D eigenvalue weighted by Crippen LogP contribution is 2.19. The minimum atomic E-state index is -1.01. The van der Waals surface area contributed by atoms with Gasteiger partial charge in [0.05, 0.1) is 12.1 Å². The van der Waals surface area contributed by atoms with Crippen molar-refractivity contribution in [3.63, 3.8) is 0 Å². The maximum Gasteiger partial charge on any atom is 0.357 e. The van der Waals surface area contributed by atoms with Crippen LogP contribution in [0.4, 0.5) is 0 Å². The summed E-state index contributed by atoms with van der Waals surface area (Å²) in [7, 11) is 0. The van der Waals surface area contributed by atoms with Crippen molar-refractivity contribution in [2.75, 3.05) is 0 Å². The highest BCUT2D eigenvalue weighted by Gasteiger charge is 2.15. The van der Waals surface area contributed by atoms with Crippen molar-refractivity contribution >= 4 is 16.9 Å². The molecule has 0 fully saturated rings. The molecular weight excluding hydrogens is 242 g/mol. The SMILES string of the molecule is O=C(O)c1nn(Cc2ccncc2)c2ccccc12. The van der Waals surface area contributed by atoms with Gasteiger partial charge in [0.15, 0.2) is 5.69 Å². The topological polar surface area (TPSA) is 68.0 Å². The molecule has 0 amide bonds. The van der Waals surface area contributed by atoms with Crippen LogP contribution in [0.3, 0.4) is 0 Å². The fourth-order valence-electron chi connectivity index (χ4n) is 2.07. The molecule has 0 radical (unpaired) electrons. The van der Waals surface area contributed by atoms with Crippen molar-refractivity contribution < 1.29 is 9.90 Å². The Morgan fingerprint density at radius 3 is 2.63 bits per heavy atom. The lowest BCUT2D eigenvalue weighted by Gasteiger charge is -2.02. The molecule has 94 valence electrons. The second-order valence-corrected chi connectivity index (χ2v) is 4.18. The molecule has 1 aromatic carbocycles. The summed E-state index contributed by atoms with van der Waals surface area (Å²) in [6.45, 7) is 0.524. The Balaban J connectivity index is 2.11. The van der Waals surface area contributed by atoms with Gasteiger partial charge >= 0.3 is 5.97 Å². The molecule has 0 bridgehead atoms. The van der Waals surface area contributed by atoms with Crippen LogP contribution in [-0.4, -0.2) is 25.8 Å². The summed E-state index contributed by atoms with van der Waals surface area (Å²) in [6, 6.07) is 11.1. The Morgan fingerprint density at radius 2 is 1.89 bits per heavy atom. The third kappa shape index (κ3) is 2.06. The molecule has 5 nitrogen and oxygen atoms in total. The highest BCUT2D eigenvalue weighted by atomic mass is 16.4. The number of carboxylic acid groups (broad SMARTS) is 1. The van der Waals surface area contributed by atoms with E-state index >= 15 is 0 Å². The van der Waals surface area contributed by atoms with Crippen LogP contribution in [0.2, 0.25) is 0 Å². The number of fused-ring (bicyclic) bond motifs is 1. The van der Waals surface area contributed by atoms with E-state index in [-0.39, 0.29) is 5.69 Å². The molecule has 0 aliphatic rings. The van der Waals surface area contributed by atoms with Gasteiger partial charge in [-0.1, -0.05) is 18.2 Å². The molecule has 0 unspecified atom stereocenters. The molecule has 0 aliphatic heterocycles. The van der Waals surface area contributed by atoms with Gasteiger partial charge in [-0.05, 0) is 23.8 Å². The summed E-state index contributed by atoms with van der Waals surface area (Å²) in [4.78, 5) is 15.2. The van der Waals surface area contributed by atoms with Crippen molar-refractivity contribution in [1.82, 2.24) is 14.8 Å². The van der Waals surface area contributed by atoms with Gasteiger partial charge in [-0.3, -0.25) is 9.67 Å². The van der Waals surface area contributed by atoms with Crippen molar-refractivity contribution in [2.45, 2.75) is 6.54 Å². The first-order valence-electron chi connectivity index (χ1n) is 5.83. The van der Waals surface area contributed by atoms with Crippen molar-refractivity contribution in [3.05, 3.63) is 60.0 Å². The zero-order valence-electron chi connectivity index (χ0n) is 10.0. The van der Waals surface area contributed by atoms with Gasteiger partial charge in [0.25, 0.3) is 0 Å². The average Bonchev–Trinajstić information content (AvgIpc) is 2.79. The summed E-state index contributed by atoms with van der Waals surface area (Å²) < 4.78 is 1.70. The fourth-order valence-corrected chi connectivity index (χ4v) is 2.07. The van der Waals surface area contributed by atoms with Crippen LogP contribution < -0.4 is 0 Å². The number of aromatic carboxylic acids is 1. The van der Waals surface area contributed by atoms with E-state index in [0.717, 1.165) is 11.1 Å². The third-order valence-electron chi connectivity index (χ3n) is 2.94. The molecule has 19 heavy (non-hydrogen) atoms. The molecule has 5 heteroatoms. The van der Waals surface area contributed by atoms with E-state index in [4.69, 9.17) is 0 Å². The van der Waals surface area contributed by atoms with Gasteiger partial charge in [0.2, 0.25) is 0 Å². The Labute approximate surface area is 109 Å². The van der Waals surface area contributed by atoms with Crippen LogP contribution in [0.15, 0.2) is 48.8 Å². The average molecular weight is 253 g/mol. The number of hydrogen-bond acceptors (Lipinski definition) is 3. The molecule has 0 spiro atoms. The quantitative estimate of drug-likeness (QED) is 0.776. The molecule has 1 N–H and O–H groups in total. The molecule has 0 saturated heterocycles. The fraction of sp³-hybridized carbons (Fsp3) is 0.0714. The monoisotopic (exact) mass is 253 g/mol. The minimum Gasteiger partial charge on any atom is -0.476 e. The molecule has 3 rings (SSSR count). The molecular formula is C14H11N3O2. The van der Waals surface area contributed by atoms with E-state index in [0.29, 0.717) is 11.9 Å². The first kappa shape index (κ1) is 11.4. The van der Waals surface area contributed by atoms with Gasteiger partial charge in [-0.2, -0.15) is 5.10 Å². The number of aromatic nitrogens is 3. The zero-order valence-corrected chi connectivity index (χ0v) is 10.0. The van der Waals surface area contributed by atoms with Crippen molar-refractivity contribution in [3.8, 4) is 0 Å². The predicted octanol–water partition coefficient (Wildman–Crippen LogP) is 2.18. The van der Waals surface area contributed by atoms with Crippen LogP contribution in [0.25, 0.3) is 10.9 Å². The first-order valence-corrected chi connectivity index (χ1v) is 5.83. The maximum atomic E-state index is 11.2. The van der Waals surface area contributed by atoms with Gasteiger partial charge < -0.3 is 5.11 Å². The summed E-state index contributed by atoms with van der Waals surface area (Å²) in [5.41, 5.74) is 1.93. The Bertz CT molecular complexity index is 735. The number of carbonyl (C=O) groups is 1. The summed E-state index contributed by atoms with van der Waals surface area (Å²) in [6.07, 6.45) is 3.41. The second kappa shape index (κ2) is 4.53. The Hall–Kier alpha value is -2.69. The standard InChI is InChI=1S/C14H11N3O2/c18-14(19)13-11-3-1-2-4-12(11)17(16-13)9-10-5-7-15-8-6-10/h1-8H,9H2,(H,18,19). The van der Waals surface area contributed by atoms with E-state index in [1.54, 1.807) is 23.1 Å². The summed E-state index contributed by atoms with van der Waals surface area (Å²) in [5.74, 6) is -1.01. The zero-order chi connectivity index (χ0) is 13.2. The Kier molecular flexibility index (Phi) is 2.72. The van der Waals surface area contributed by atoms with Crippen molar-refractivity contribution in [1.29, 1.82) is 0 Å². The van der Waals surface area contributed by atoms with Crippen molar-refractivity contribution in [2.24, 2.45) is 0 Å². The highest BCUT2D eigenvalue weighted by molar-refractivity contribution is 6.01. The van der Waals surface area contributed by atoms with Crippen LogP contribution in [0.1, 0.15) is 16.1 Å². The normalized spacial score (nSPS) is 10.7. The van der Waals surface area contributed by atoms with Crippen LogP contribution in [0, 0.1) is 0 Å². The number of pyridine rings is 1. The van der Waals surface area contributed by atoms with Crippen LogP contribution in [0.5, 0.6) is 0 Å². The van der Waals surface area contributed by atoms with E-state index in [2.05, 4.69) is 10.1 Å². The number of benzene rings is 1. The summed E-state index contributed by atoms with van der Waals surface area (Å²) >= 11 is 0. The molecule has 2 heterocycles. The van der Waals surface area contributed by atoms with E-state index < -0.39 is 5.97 Å². The molecule has 0 atom stereocenters. The van der Waals surface area contributed by atoms with Gasteiger partial charge in [-0.15, -0.1) is 0 Å².